The van der Waals surface area contributed by atoms with Gasteiger partial charge in [-0.1, -0.05) is 36.9 Å². The molecule has 0 aliphatic carbocycles. The second-order valence-electron chi connectivity index (χ2n) is 9.83. The Hall–Kier alpha value is -4.35. The largest absolute Gasteiger partial charge is 0.493 e. The van der Waals surface area contributed by atoms with Crippen molar-refractivity contribution in [1.29, 1.82) is 0 Å². The highest BCUT2D eigenvalue weighted by molar-refractivity contribution is 8.03. The minimum absolute atomic E-state index is 0.00328. The van der Waals surface area contributed by atoms with Crippen molar-refractivity contribution in [3.05, 3.63) is 43.3 Å². The van der Waals surface area contributed by atoms with Gasteiger partial charge >= 0.3 is 17.9 Å². The van der Waals surface area contributed by atoms with Gasteiger partial charge in [-0.15, -0.1) is 0 Å². The summed E-state index contributed by atoms with van der Waals surface area (Å²) in [6.45, 7) is 4.07. The topological polar surface area (TPSA) is 180 Å². The number of aromatic nitrogens is 1. The molecule has 1 amide bonds. The Bertz CT molecular complexity index is 1740. The highest BCUT2D eigenvalue weighted by atomic mass is 32.2. The van der Waals surface area contributed by atoms with Crippen LogP contribution in [0.3, 0.4) is 0 Å². The number of aliphatic imine (C=N–C) groups is 1. The van der Waals surface area contributed by atoms with E-state index in [2.05, 4.69) is 4.99 Å². The van der Waals surface area contributed by atoms with Gasteiger partial charge in [0, 0.05) is 17.0 Å². The molecular weight excluding hydrogens is 637 g/mol. The molecule has 1 aromatic carbocycles. The molecule has 0 fully saturated rings. The summed E-state index contributed by atoms with van der Waals surface area (Å²) in [5, 5.41) is 30.2. The van der Waals surface area contributed by atoms with Crippen LogP contribution in [-0.2, 0) is 30.5 Å². The van der Waals surface area contributed by atoms with E-state index < -0.39 is 42.8 Å². The minimum atomic E-state index is -1.33. The molecule has 0 radical (unpaired) electrons. The molecule has 0 atom stereocenters. The zero-order valence-electron chi connectivity index (χ0n) is 23.6. The molecule has 17 heteroatoms. The van der Waals surface area contributed by atoms with Gasteiger partial charge in [-0.05, 0) is 36.7 Å². The number of amidine groups is 1. The number of carbonyl (C=O) groups excluding carboxylic acids is 2. The van der Waals surface area contributed by atoms with E-state index >= 15 is 0 Å². The smallest absolute Gasteiger partial charge is 0.325 e. The van der Waals surface area contributed by atoms with Gasteiger partial charge in [-0.3, -0.25) is 28.6 Å². The number of thioether (sulfide) groups is 1. The van der Waals surface area contributed by atoms with Crippen LogP contribution in [0.25, 0.3) is 0 Å². The van der Waals surface area contributed by atoms with E-state index in [0.29, 0.717) is 27.8 Å². The molecule has 1 aromatic heterocycles. The number of thiazole rings is 1. The lowest BCUT2D eigenvalue weighted by atomic mass is 10.0. The molecule has 3 aliphatic rings. The molecule has 3 N–H and O–H groups in total. The number of benzene rings is 1. The fourth-order valence-corrected chi connectivity index (χ4v) is 7.05. The molecule has 2 aromatic rings. The van der Waals surface area contributed by atoms with Crippen LogP contribution in [0.2, 0.25) is 0 Å². The Balaban J connectivity index is 1.64. The van der Waals surface area contributed by atoms with Crippen LogP contribution >= 0.6 is 35.3 Å². The summed E-state index contributed by atoms with van der Waals surface area (Å²) in [7, 11) is 0. The number of allylic oxidation sites excluding steroid dienone is 2. The third kappa shape index (κ3) is 5.89. The van der Waals surface area contributed by atoms with Crippen molar-refractivity contribution >= 4 is 70.7 Å². The van der Waals surface area contributed by atoms with Gasteiger partial charge in [0.2, 0.25) is 12.7 Å². The van der Waals surface area contributed by atoms with Crippen molar-refractivity contribution in [1.82, 2.24) is 9.47 Å². The Morgan fingerprint density at radius 2 is 1.80 bits per heavy atom. The number of ether oxygens (including phenoxy) is 3. The molecule has 0 spiro atoms. The lowest BCUT2D eigenvalue weighted by molar-refractivity contribution is -0.141. The summed E-state index contributed by atoms with van der Waals surface area (Å²) >= 11 is 7.35. The standard InChI is InChI=1S/C27H26N4O10S3/c1-4-39-21(36)10-29-14-6-15-16(41-11-40-15)7-17(14)43-18(29)5-13(12(2)3)22-25(37)30(8-19(32)33)24(28-22)23-26(38)31(9-20(34)35)27(42)44-23/h5-7,12,38H,4,8-11H2,1-3H3,(H,32,33)(H,34,35)/b18-5-,22-13-. The minimum Gasteiger partial charge on any atom is -0.493 e. The maximum absolute atomic E-state index is 13.8. The average Bonchev–Trinajstić information content (AvgIpc) is 3.68. The van der Waals surface area contributed by atoms with E-state index in [4.69, 9.17) is 26.4 Å². The van der Waals surface area contributed by atoms with Gasteiger partial charge in [-0.25, -0.2) is 4.99 Å². The number of anilines is 1. The molecule has 232 valence electrons. The maximum Gasteiger partial charge on any atom is 0.325 e. The second-order valence-corrected chi connectivity index (χ2v) is 12.5. The van der Waals surface area contributed by atoms with Gasteiger partial charge in [-0.2, -0.15) is 0 Å². The second kappa shape index (κ2) is 12.3. The van der Waals surface area contributed by atoms with Crippen LogP contribution in [0.5, 0.6) is 17.4 Å². The van der Waals surface area contributed by atoms with E-state index in [-0.39, 0.29) is 46.2 Å². The first-order chi connectivity index (χ1) is 20.9. The van der Waals surface area contributed by atoms with E-state index in [1.807, 2.05) is 13.8 Å². The molecule has 44 heavy (non-hydrogen) atoms. The molecule has 4 heterocycles. The Kier molecular flexibility index (Phi) is 8.71. The number of nitrogens with zero attached hydrogens (tertiary/aromatic N) is 4. The van der Waals surface area contributed by atoms with Crippen molar-refractivity contribution in [3.63, 3.8) is 0 Å². The van der Waals surface area contributed by atoms with Crippen LogP contribution in [0.4, 0.5) is 5.69 Å². The van der Waals surface area contributed by atoms with Crippen LogP contribution < -0.4 is 14.4 Å². The van der Waals surface area contributed by atoms with Crippen molar-refractivity contribution in [2.45, 2.75) is 32.2 Å². The molecule has 5 rings (SSSR count). The predicted molar refractivity (Wildman–Crippen MR) is 161 cm³/mol. The Morgan fingerprint density at radius 3 is 2.43 bits per heavy atom. The summed E-state index contributed by atoms with van der Waals surface area (Å²) < 4.78 is 17.2. The number of carboxylic acid groups (broad SMARTS) is 2. The number of hydrogen-bond acceptors (Lipinski definition) is 13. The van der Waals surface area contributed by atoms with Crippen LogP contribution in [0, 0.1) is 9.87 Å². The SMILES string of the molecule is CCOC(=O)CN1/C(=C/C(=C2/N=C(c3sc(=S)n(CC(=O)O)c3O)N(CC(=O)O)C2=O)C(C)C)Sc2cc3c(cc21)OCO3. The summed E-state index contributed by atoms with van der Waals surface area (Å²) in [6, 6.07) is 3.56. The fraction of sp³-hybridized carbons (Fsp3) is 0.333. The molecular formula is C27H26N4O10S3. The number of hydrogen-bond donors (Lipinski definition) is 3. The maximum atomic E-state index is 13.8. The molecule has 0 saturated heterocycles. The van der Waals surface area contributed by atoms with Crippen molar-refractivity contribution in [2.24, 2.45) is 10.9 Å². The molecule has 0 bridgehead atoms. The first-order valence-corrected chi connectivity index (χ1v) is 15.2. The third-order valence-corrected chi connectivity index (χ3v) is 9.10. The summed E-state index contributed by atoms with van der Waals surface area (Å²) in [5.41, 5.74) is 1.03. The number of esters is 1. The monoisotopic (exact) mass is 662 g/mol. The van der Waals surface area contributed by atoms with Gasteiger partial charge in [0.25, 0.3) is 5.91 Å². The summed E-state index contributed by atoms with van der Waals surface area (Å²) in [6.07, 6.45) is 1.71. The fourth-order valence-electron chi connectivity index (χ4n) is 4.64. The number of carboxylic acids is 2. The number of carbonyl (C=O) groups is 4. The van der Waals surface area contributed by atoms with E-state index in [1.54, 1.807) is 30.0 Å². The number of aromatic hydroxyl groups is 1. The number of amides is 1. The van der Waals surface area contributed by atoms with E-state index in [9.17, 15) is 34.5 Å². The Labute approximate surface area is 263 Å². The number of rotatable bonds is 10. The van der Waals surface area contributed by atoms with Crippen molar-refractivity contribution < 1.29 is 48.7 Å². The number of fused-ring (bicyclic) bond motifs is 2. The zero-order valence-corrected chi connectivity index (χ0v) is 26.0. The lowest BCUT2D eigenvalue weighted by Gasteiger charge is -2.21. The van der Waals surface area contributed by atoms with Gasteiger partial charge in [0.05, 0.1) is 17.3 Å². The van der Waals surface area contributed by atoms with Crippen molar-refractivity contribution in [2.75, 3.05) is 31.4 Å². The van der Waals surface area contributed by atoms with Crippen LogP contribution in [0.1, 0.15) is 25.6 Å². The van der Waals surface area contributed by atoms with Gasteiger partial charge < -0.3 is 34.4 Å². The quantitative estimate of drug-likeness (QED) is 0.192. The van der Waals surface area contributed by atoms with Crippen LogP contribution in [0.15, 0.2) is 44.4 Å². The van der Waals surface area contributed by atoms with E-state index in [1.165, 1.54) is 11.8 Å². The van der Waals surface area contributed by atoms with Crippen LogP contribution in [-0.4, -0.2) is 80.9 Å². The predicted octanol–water partition coefficient (Wildman–Crippen LogP) is 3.40. The first kappa shape index (κ1) is 31.1. The zero-order chi connectivity index (χ0) is 31.9. The van der Waals surface area contributed by atoms with Gasteiger partial charge in [0.1, 0.15) is 30.2 Å². The summed E-state index contributed by atoms with van der Waals surface area (Å²) in [5.74, 6) is -3.75. The van der Waals surface area contributed by atoms with E-state index in [0.717, 1.165) is 25.7 Å². The highest BCUT2D eigenvalue weighted by Crippen LogP contribution is 2.52. The number of aliphatic carboxylic acids is 2. The van der Waals surface area contributed by atoms with Gasteiger partial charge in [0.15, 0.2) is 21.3 Å². The Morgan fingerprint density at radius 1 is 1.11 bits per heavy atom. The molecule has 3 aliphatic heterocycles. The molecule has 0 unspecified atom stereocenters. The first-order valence-electron chi connectivity index (χ1n) is 13.2. The third-order valence-electron chi connectivity index (χ3n) is 6.57. The molecule has 14 nitrogen and oxygen atoms in total. The van der Waals surface area contributed by atoms with Crippen molar-refractivity contribution in [3.8, 4) is 17.4 Å². The molecule has 0 saturated carbocycles. The normalized spacial score (nSPS) is 17.4. The average molecular weight is 663 g/mol. The lowest BCUT2D eigenvalue weighted by Crippen LogP contribution is -2.37. The highest BCUT2D eigenvalue weighted by Gasteiger charge is 2.38. The summed E-state index contributed by atoms with van der Waals surface area (Å²) in [4.78, 5) is 57.3.